The zero-order valence-electron chi connectivity index (χ0n) is 23.8. The number of piperazine rings is 1. The van der Waals surface area contributed by atoms with E-state index in [1.165, 1.54) is 5.56 Å². The predicted octanol–water partition coefficient (Wildman–Crippen LogP) is 4.21. The summed E-state index contributed by atoms with van der Waals surface area (Å²) in [6.07, 6.45) is 2.27. The maximum atomic E-state index is 10.7. The largest absolute Gasteiger partial charge is 0.496 e. The molecule has 39 heavy (non-hydrogen) atoms. The topological polar surface area (TPSA) is 85.7 Å². The van der Waals surface area contributed by atoms with Gasteiger partial charge in [-0.1, -0.05) is 13.0 Å². The van der Waals surface area contributed by atoms with Crippen LogP contribution >= 0.6 is 0 Å². The number of aryl methyl sites for hydroxylation is 1. The summed E-state index contributed by atoms with van der Waals surface area (Å²) >= 11 is 0. The van der Waals surface area contributed by atoms with Crippen molar-refractivity contribution in [1.29, 1.82) is 5.26 Å². The summed E-state index contributed by atoms with van der Waals surface area (Å²) in [7, 11) is 7.17. The Kier molecular flexibility index (Phi) is 6.53. The number of ether oxygens (including phenoxy) is 6. The summed E-state index contributed by atoms with van der Waals surface area (Å²) in [6, 6.07) is 4.61. The molecule has 0 saturated carbocycles. The molecular formula is C30H37N3O6. The number of rotatable bonds is 6. The fraction of sp³-hybridized carbons (Fsp3) is 0.567. The molecule has 2 aromatic rings. The molecule has 1 fully saturated rings. The molecule has 0 amide bonds. The van der Waals surface area contributed by atoms with Crippen molar-refractivity contribution in [2.45, 2.75) is 70.2 Å². The van der Waals surface area contributed by atoms with Gasteiger partial charge in [0.15, 0.2) is 29.8 Å². The van der Waals surface area contributed by atoms with Crippen molar-refractivity contribution in [3.05, 3.63) is 39.4 Å². The molecule has 4 aliphatic rings. The molecule has 208 valence electrons. The van der Waals surface area contributed by atoms with Crippen LogP contribution in [0.25, 0.3) is 0 Å². The van der Waals surface area contributed by atoms with Gasteiger partial charge in [0.1, 0.15) is 11.8 Å². The van der Waals surface area contributed by atoms with Crippen LogP contribution in [0, 0.1) is 25.2 Å². The van der Waals surface area contributed by atoms with Gasteiger partial charge in [-0.3, -0.25) is 9.80 Å². The molecule has 0 aromatic heterocycles. The summed E-state index contributed by atoms with van der Waals surface area (Å²) in [5, 5.41) is 10.7. The van der Waals surface area contributed by atoms with Gasteiger partial charge in [0.2, 0.25) is 6.79 Å². The van der Waals surface area contributed by atoms with Gasteiger partial charge < -0.3 is 28.4 Å². The standard InChI is InChI=1S/C30H37N3O6/c1-8-19-24-18(27(36-7)16(3)28-30(24)39-14-38-28)11-21-25-23-17(10-20(32(25)4)22(12-31)33(19)21)9-15(2)26(35-6)29(23)37-13-34-5/h9,19-22,25H,8,10-11,13-14H2,1-7H3/t19-,20?,21?,22?,25?/m0/s1. The number of hydrogen-bond donors (Lipinski definition) is 0. The maximum Gasteiger partial charge on any atom is 0.231 e. The molecule has 9 heteroatoms. The van der Waals surface area contributed by atoms with Crippen molar-refractivity contribution in [3.63, 3.8) is 0 Å². The first-order chi connectivity index (χ1) is 18.9. The highest BCUT2D eigenvalue weighted by Gasteiger charge is 2.56. The van der Waals surface area contributed by atoms with Gasteiger partial charge in [0.05, 0.1) is 26.3 Å². The van der Waals surface area contributed by atoms with Crippen molar-refractivity contribution >= 4 is 0 Å². The number of likely N-dealkylation sites (N-methyl/N-ethyl adjacent to an activating group) is 1. The van der Waals surface area contributed by atoms with E-state index in [4.69, 9.17) is 28.4 Å². The van der Waals surface area contributed by atoms with E-state index in [0.29, 0.717) is 6.42 Å². The number of nitrogens with zero attached hydrogens (tertiary/aromatic N) is 3. The lowest BCUT2D eigenvalue weighted by Crippen LogP contribution is -2.68. The lowest BCUT2D eigenvalue weighted by molar-refractivity contribution is -0.0745. The number of hydrogen-bond acceptors (Lipinski definition) is 9. The molecule has 0 aliphatic carbocycles. The number of fused-ring (bicyclic) bond motifs is 9. The fourth-order valence-electron chi connectivity index (χ4n) is 7.75. The minimum absolute atomic E-state index is 0.00150. The second-order valence-corrected chi connectivity index (χ2v) is 10.9. The van der Waals surface area contributed by atoms with Crippen LogP contribution in [0.5, 0.6) is 28.7 Å². The van der Waals surface area contributed by atoms with Gasteiger partial charge in [-0.25, -0.2) is 0 Å². The van der Waals surface area contributed by atoms with Crippen molar-refractivity contribution in [2.24, 2.45) is 0 Å². The SMILES string of the molecule is CC[C@H]1c2c(c(OC)c(C)c3c2OCO3)CC2C3c4c(cc(C)c(OC)c4OCOC)CC(C(C#N)N21)N3C. The van der Waals surface area contributed by atoms with E-state index in [1.807, 2.05) is 13.8 Å². The lowest BCUT2D eigenvalue weighted by Gasteiger charge is -2.60. The molecule has 0 radical (unpaired) electrons. The van der Waals surface area contributed by atoms with Crippen molar-refractivity contribution < 1.29 is 28.4 Å². The average molecular weight is 536 g/mol. The predicted molar refractivity (Wildman–Crippen MR) is 144 cm³/mol. The van der Waals surface area contributed by atoms with Gasteiger partial charge in [-0.2, -0.15) is 5.26 Å². The van der Waals surface area contributed by atoms with Crippen molar-refractivity contribution in [1.82, 2.24) is 9.80 Å². The molecule has 9 nitrogen and oxygen atoms in total. The Morgan fingerprint density at radius 3 is 2.41 bits per heavy atom. The highest BCUT2D eigenvalue weighted by atomic mass is 16.7. The second kappa shape index (κ2) is 9.77. The minimum atomic E-state index is -0.293. The van der Waals surface area contributed by atoms with Gasteiger partial charge >= 0.3 is 0 Å². The van der Waals surface area contributed by atoms with Crippen LogP contribution in [0.15, 0.2) is 6.07 Å². The van der Waals surface area contributed by atoms with Crippen LogP contribution in [-0.4, -0.2) is 69.9 Å². The third kappa shape index (κ3) is 3.55. The Morgan fingerprint density at radius 1 is 1.00 bits per heavy atom. The third-order valence-corrected chi connectivity index (χ3v) is 9.16. The quantitative estimate of drug-likeness (QED) is 0.505. The maximum absolute atomic E-state index is 10.7. The highest BCUT2D eigenvalue weighted by Crippen LogP contribution is 2.59. The molecule has 2 aromatic carbocycles. The Labute approximate surface area is 230 Å². The Bertz CT molecular complexity index is 1350. The van der Waals surface area contributed by atoms with E-state index >= 15 is 0 Å². The first-order valence-electron chi connectivity index (χ1n) is 13.6. The number of methoxy groups -OCH3 is 3. The smallest absolute Gasteiger partial charge is 0.231 e. The van der Waals surface area contributed by atoms with Crippen LogP contribution in [0.1, 0.15) is 58.8 Å². The highest BCUT2D eigenvalue weighted by molar-refractivity contribution is 5.66. The molecule has 4 heterocycles. The van der Waals surface area contributed by atoms with Crippen LogP contribution in [-0.2, 0) is 17.6 Å². The fourth-order valence-corrected chi connectivity index (χ4v) is 7.75. The first-order valence-corrected chi connectivity index (χ1v) is 13.6. The molecule has 4 aliphatic heterocycles. The third-order valence-electron chi connectivity index (χ3n) is 9.16. The summed E-state index contributed by atoms with van der Waals surface area (Å²) in [4.78, 5) is 4.83. The van der Waals surface area contributed by atoms with Crippen LogP contribution in [0.3, 0.4) is 0 Å². The summed E-state index contributed by atoms with van der Waals surface area (Å²) < 4.78 is 35.5. The van der Waals surface area contributed by atoms with E-state index in [0.717, 1.165) is 69.4 Å². The van der Waals surface area contributed by atoms with Gasteiger partial charge in [0.25, 0.3) is 0 Å². The van der Waals surface area contributed by atoms with E-state index in [1.54, 1.807) is 21.3 Å². The molecule has 0 spiro atoms. The van der Waals surface area contributed by atoms with Gasteiger partial charge in [0, 0.05) is 47.5 Å². The second-order valence-electron chi connectivity index (χ2n) is 10.9. The molecule has 4 unspecified atom stereocenters. The Hall–Kier alpha value is -3.19. The first kappa shape index (κ1) is 26.1. The van der Waals surface area contributed by atoms with E-state index in [-0.39, 0.29) is 43.8 Å². The minimum Gasteiger partial charge on any atom is -0.496 e. The van der Waals surface area contributed by atoms with Gasteiger partial charge in [-0.15, -0.1) is 0 Å². The Morgan fingerprint density at radius 2 is 1.74 bits per heavy atom. The molecule has 2 bridgehead atoms. The van der Waals surface area contributed by atoms with E-state index in [9.17, 15) is 5.26 Å². The van der Waals surface area contributed by atoms with Crippen LogP contribution < -0.4 is 23.7 Å². The lowest BCUT2D eigenvalue weighted by atomic mass is 9.71. The zero-order chi connectivity index (χ0) is 27.6. The van der Waals surface area contributed by atoms with Crippen molar-refractivity contribution in [3.8, 4) is 34.8 Å². The average Bonchev–Trinajstić information content (AvgIpc) is 3.42. The van der Waals surface area contributed by atoms with E-state index < -0.39 is 0 Å². The Balaban J connectivity index is 1.61. The van der Waals surface area contributed by atoms with Crippen LogP contribution in [0.4, 0.5) is 0 Å². The molecule has 0 N–H and O–H groups in total. The summed E-state index contributed by atoms with van der Waals surface area (Å²) in [5.74, 6) is 3.86. The zero-order valence-corrected chi connectivity index (χ0v) is 23.8. The molecule has 5 atom stereocenters. The van der Waals surface area contributed by atoms with Crippen LogP contribution in [0.2, 0.25) is 0 Å². The van der Waals surface area contributed by atoms with E-state index in [2.05, 4.69) is 35.9 Å². The summed E-state index contributed by atoms with van der Waals surface area (Å²) in [6.45, 7) is 6.57. The van der Waals surface area contributed by atoms with Gasteiger partial charge in [-0.05, 0) is 51.3 Å². The summed E-state index contributed by atoms with van der Waals surface area (Å²) in [5.41, 5.74) is 6.54. The number of nitriles is 1. The molecule has 1 saturated heterocycles. The number of benzene rings is 2. The monoisotopic (exact) mass is 535 g/mol. The van der Waals surface area contributed by atoms with Crippen molar-refractivity contribution in [2.75, 3.05) is 42.0 Å². The molecular weight excluding hydrogens is 498 g/mol. The molecule has 6 rings (SSSR count). The normalized spacial score (nSPS) is 26.8.